The molecule has 0 aromatic heterocycles. The van der Waals surface area contributed by atoms with Gasteiger partial charge in [-0.1, -0.05) is 86.0 Å². The van der Waals surface area contributed by atoms with Crippen LogP contribution in [0.5, 0.6) is 0 Å². The Hall–Kier alpha value is -2.29. The molecule has 0 aromatic rings. The van der Waals surface area contributed by atoms with E-state index in [1.165, 1.54) is 19.3 Å². The number of hydrogen-bond acceptors (Lipinski definition) is 8. The summed E-state index contributed by atoms with van der Waals surface area (Å²) in [5.74, 6) is 0.607. The minimum absolute atomic E-state index is 0.0357. The number of carbonyl (C=O) groups is 3. The largest absolute Gasteiger partial charge is 0.460 e. The smallest absolute Gasteiger partial charge is 0.309 e. The second-order valence-corrected chi connectivity index (χ2v) is 19.8. The predicted octanol–water partition coefficient (Wildman–Crippen LogP) is 11.7. The third-order valence-electron chi connectivity index (χ3n) is 12.9. The molecule has 0 amide bonds. The Balaban J connectivity index is 0.000000727. The number of ether oxygens (including phenoxy) is 3. The maximum Gasteiger partial charge on any atom is 0.309 e. The fourth-order valence-electron chi connectivity index (χ4n) is 8.59. The molecule has 332 valence electrons. The van der Waals surface area contributed by atoms with Crippen LogP contribution in [0.25, 0.3) is 0 Å². The van der Waals surface area contributed by atoms with Gasteiger partial charge in [0, 0.05) is 41.8 Å². The van der Waals surface area contributed by atoms with E-state index < -0.39 is 22.2 Å². The fraction of sp³-hybridized carbons (Fsp3) is 0.816. The van der Waals surface area contributed by atoms with E-state index in [4.69, 9.17) is 14.2 Å². The van der Waals surface area contributed by atoms with Crippen molar-refractivity contribution in [3.8, 4) is 0 Å². The molecule has 1 saturated heterocycles. The minimum atomic E-state index is -1.06. The molecule has 0 radical (unpaired) electrons. The number of esters is 2. The van der Waals surface area contributed by atoms with Crippen molar-refractivity contribution in [1.29, 1.82) is 0 Å². The van der Waals surface area contributed by atoms with E-state index in [0.717, 1.165) is 71.0 Å². The highest BCUT2D eigenvalue weighted by Gasteiger charge is 2.52. The van der Waals surface area contributed by atoms with Gasteiger partial charge in [-0.25, -0.2) is 0 Å². The first kappa shape index (κ1) is 54.7. The molecule has 1 heterocycles. The number of allylic oxidation sites excluding steroid dienone is 1. The van der Waals surface area contributed by atoms with E-state index in [2.05, 4.69) is 40.5 Å². The van der Waals surface area contributed by atoms with E-state index in [1.54, 1.807) is 13.0 Å². The summed E-state index contributed by atoms with van der Waals surface area (Å²) in [6.07, 6.45) is 18.9. The third kappa shape index (κ3) is 16.7. The van der Waals surface area contributed by atoms with Gasteiger partial charge >= 0.3 is 11.9 Å². The van der Waals surface area contributed by atoms with Crippen molar-refractivity contribution in [3.05, 3.63) is 38.0 Å². The lowest BCUT2D eigenvalue weighted by Gasteiger charge is -2.50. The van der Waals surface area contributed by atoms with E-state index in [0.29, 0.717) is 18.1 Å². The first-order valence-electron chi connectivity index (χ1n) is 22.0. The maximum atomic E-state index is 12.1. The normalized spacial score (nSPS) is 33.8. The highest BCUT2D eigenvalue weighted by atomic mass is 16.6. The molecule has 0 bridgehead atoms. The van der Waals surface area contributed by atoms with Crippen LogP contribution < -0.4 is 0 Å². The topological polar surface area (TPSA) is 119 Å². The summed E-state index contributed by atoms with van der Waals surface area (Å²) in [4.78, 5) is 34.3. The Morgan fingerprint density at radius 3 is 1.44 bits per heavy atom. The fourth-order valence-corrected chi connectivity index (χ4v) is 8.59. The van der Waals surface area contributed by atoms with Crippen molar-refractivity contribution in [3.63, 3.8) is 0 Å². The summed E-state index contributed by atoms with van der Waals surface area (Å²) < 4.78 is 15.3. The zero-order chi connectivity index (χ0) is 44.5. The second-order valence-electron chi connectivity index (χ2n) is 19.8. The van der Waals surface area contributed by atoms with Gasteiger partial charge in [0.05, 0.1) is 17.6 Å². The van der Waals surface area contributed by atoms with Crippen LogP contribution in [0, 0.1) is 34.0 Å². The monoisotopic (exact) mass is 805 g/mol. The van der Waals surface area contributed by atoms with Crippen LogP contribution in [0.15, 0.2) is 38.0 Å². The molecular weight excluding hydrogens is 717 g/mol. The molecule has 4 rings (SSSR count). The first-order valence-corrected chi connectivity index (χ1v) is 22.0. The second kappa shape index (κ2) is 23.5. The zero-order valence-electron chi connectivity index (χ0n) is 39.2. The molecule has 2 N–H and O–H groups in total. The van der Waals surface area contributed by atoms with Gasteiger partial charge in [-0.3, -0.25) is 14.4 Å². The summed E-state index contributed by atoms with van der Waals surface area (Å²) in [6.45, 7) is 40.7. The van der Waals surface area contributed by atoms with Gasteiger partial charge in [0.1, 0.15) is 17.0 Å². The molecular formula is C49H88O8. The summed E-state index contributed by atoms with van der Waals surface area (Å²) in [6, 6.07) is 0. The molecule has 4 aliphatic rings. The molecule has 1 aliphatic heterocycles. The molecule has 4 fully saturated rings. The van der Waals surface area contributed by atoms with Gasteiger partial charge in [0.25, 0.3) is 0 Å². The summed E-state index contributed by atoms with van der Waals surface area (Å²) >= 11 is 0. The van der Waals surface area contributed by atoms with Crippen LogP contribution in [-0.2, 0) is 28.6 Å². The molecule has 0 unspecified atom stereocenters. The molecule has 8 atom stereocenters. The van der Waals surface area contributed by atoms with Gasteiger partial charge in [0.2, 0.25) is 0 Å². The van der Waals surface area contributed by atoms with Crippen molar-refractivity contribution in [1.82, 2.24) is 0 Å². The number of rotatable bonds is 7. The molecule has 0 spiro atoms. The average Bonchev–Trinajstić information content (AvgIpc) is 3.72. The Kier molecular flexibility index (Phi) is 22.5. The highest BCUT2D eigenvalue weighted by Crippen LogP contribution is 2.51. The van der Waals surface area contributed by atoms with E-state index in [-0.39, 0.29) is 46.6 Å². The van der Waals surface area contributed by atoms with Gasteiger partial charge in [-0.15, -0.1) is 19.7 Å². The Labute approximate surface area is 350 Å². The summed E-state index contributed by atoms with van der Waals surface area (Å²) in [7, 11) is 0. The van der Waals surface area contributed by atoms with Crippen LogP contribution >= 0.6 is 0 Å². The lowest BCUT2D eigenvalue weighted by molar-refractivity contribution is -0.175. The first-order chi connectivity index (χ1) is 26.1. The van der Waals surface area contributed by atoms with E-state index in [9.17, 15) is 24.6 Å². The number of aliphatic hydroxyl groups is 2. The van der Waals surface area contributed by atoms with Crippen molar-refractivity contribution in [2.24, 2.45) is 34.0 Å². The quantitative estimate of drug-likeness (QED) is 0.193. The van der Waals surface area contributed by atoms with Crippen LogP contribution in [0.3, 0.4) is 0 Å². The lowest BCUT2D eigenvalue weighted by Crippen LogP contribution is -2.54. The van der Waals surface area contributed by atoms with Gasteiger partial charge in [0.15, 0.2) is 0 Å². The van der Waals surface area contributed by atoms with Gasteiger partial charge in [-0.2, -0.15) is 0 Å². The molecule has 57 heavy (non-hydrogen) atoms. The van der Waals surface area contributed by atoms with Crippen LogP contribution in [0.1, 0.15) is 187 Å². The SMILES string of the molecule is C1CCOC1.C=C[C@]1(C)CCC[C@@H](C)C1=O.C=C[C@]1(C)CCC[C@@H](C)[C@@]1(O)CC.C=C[C@]1(C)CCC[C@@H](C)[C@]1(O)CC(=O)OC(C)(C)C.CCC(=O)OC(C)(C)C. The number of Topliss-reactive ketones (excluding diaryl/α,β-unsaturated/α-hetero) is 1. The number of ketones is 1. The van der Waals surface area contributed by atoms with Crippen LogP contribution in [-0.4, -0.2) is 63.6 Å². The summed E-state index contributed by atoms with van der Waals surface area (Å²) in [5, 5.41) is 21.7. The lowest BCUT2D eigenvalue weighted by atomic mass is 9.58. The van der Waals surface area contributed by atoms with E-state index in [1.807, 2.05) is 81.4 Å². The molecule has 8 nitrogen and oxygen atoms in total. The minimum Gasteiger partial charge on any atom is -0.460 e. The summed E-state index contributed by atoms with van der Waals surface area (Å²) in [5.41, 5.74) is -3.18. The molecule has 3 aliphatic carbocycles. The Bertz CT molecular complexity index is 1270. The number of hydrogen-bond donors (Lipinski definition) is 2. The predicted molar refractivity (Wildman–Crippen MR) is 236 cm³/mol. The van der Waals surface area contributed by atoms with Gasteiger partial charge in [-0.05, 0) is 118 Å². The highest BCUT2D eigenvalue weighted by molar-refractivity contribution is 5.88. The van der Waals surface area contributed by atoms with Crippen LogP contribution in [0.2, 0.25) is 0 Å². The Morgan fingerprint density at radius 1 is 0.702 bits per heavy atom. The van der Waals surface area contributed by atoms with Gasteiger partial charge < -0.3 is 24.4 Å². The molecule has 3 saturated carbocycles. The van der Waals surface area contributed by atoms with Crippen molar-refractivity contribution in [2.75, 3.05) is 13.2 Å². The number of carbonyl (C=O) groups excluding carboxylic acids is 3. The molecule has 8 heteroatoms. The van der Waals surface area contributed by atoms with Crippen LogP contribution in [0.4, 0.5) is 0 Å². The van der Waals surface area contributed by atoms with Crippen molar-refractivity contribution in [2.45, 2.75) is 209 Å². The zero-order valence-corrected chi connectivity index (χ0v) is 39.2. The maximum absolute atomic E-state index is 12.1. The van der Waals surface area contributed by atoms with Crippen molar-refractivity contribution < 1.29 is 38.8 Å². The molecule has 0 aromatic carbocycles. The average molecular weight is 805 g/mol. The van der Waals surface area contributed by atoms with E-state index >= 15 is 0 Å². The standard InChI is InChI=1S/C16H28O3.C12H22O.C10H16O.C7H14O2.C4H8O/c1-7-15(6)10-8-9-12(2)16(15,18)11-13(17)19-14(3,4)5;1-5-11(4)9-7-8-10(3)12(11,13)6-2;1-4-10(3)7-5-6-8(2)9(10)11;1-5-6(8)9-7(2,3)4;1-2-4-5-3-1/h7,12,18H,1,8-11H2,2-6H3;5,10,13H,1,6-9H2,2-4H3;4,8H,1,5-7H2,2-3H3;5H2,1-4H3;1-4H2/t12-,15-,16-;10-,11-,12+;8-,10-;;/m111../s1. The van der Waals surface area contributed by atoms with Crippen molar-refractivity contribution >= 4 is 17.7 Å². The third-order valence-corrected chi connectivity index (χ3v) is 12.9. The Morgan fingerprint density at radius 2 is 1.12 bits per heavy atom.